The Kier molecular flexibility index (Phi) is 6.14. The first kappa shape index (κ1) is 18.8. The Morgan fingerprint density at radius 3 is 2.52 bits per heavy atom. The van der Waals surface area contributed by atoms with Crippen LogP contribution in [0.1, 0.15) is 19.3 Å². The topological polar surface area (TPSA) is 70.2 Å². The maximum absolute atomic E-state index is 12.6. The zero-order chi connectivity index (χ0) is 17.9. The lowest BCUT2D eigenvalue weighted by Crippen LogP contribution is -2.47. The summed E-state index contributed by atoms with van der Waals surface area (Å²) in [6.45, 7) is 5.49. The summed E-state index contributed by atoms with van der Waals surface area (Å²) >= 11 is 0. The van der Waals surface area contributed by atoms with Crippen LogP contribution < -0.4 is 0 Å². The molecular formula is C17H29N3O4S. The van der Waals surface area contributed by atoms with Gasteiger partial charge in [-0.1, -0.05) is 12.2 Å². The highest BCUT2D eigenvalue weighted by atomic mass is 32.2. The number of sulfonamides is 1. The minimum Gasteiger partial charge on any atom is -0.379 e. The number of carbonyl (C=O) groups excluding carboxylic acids is 1. The fourth-order valence-corrected chi connectivity index (χ4v) is 5.06. The van der Waals surface area contributed by atoms with Gasteiger partial charge in [0.25, 0.3) is 0 Å². The number of ether oxygens (including phenoxy) is 1. The number of hydrogen-bond donors (Lipinski definition) is 0. The van der Waals surface area contributed by atoms with E-state index in [2.05, 4.69) is 17.1 Å². The molecule has 1 amide bonds. The summed E-state index contributed by atoms with van der Waals surface area (Å²) < 4.78 is 31.5. The van der Waals surface area contributed by atoms with Crippen molar-refractivity contribution in [1.29, 1.82) is 0 Å². The number of morpholine rings is 1. The minimum atomic E-state index is -3.29. The first-order valence-electron chi connectivity index (χ1n) is 9.16. The SMILES string of the molecule is CS(=O)(=O)N(CCN1CCOCC1)C1CCN(C(=O)C2CC=CC2)C1. The minimum absolute atomic E-state index is 0.0544. The molecule has 1 atom stereocenters. The molecule has 0 bridgehead atoms. The normalized spacial score (nSPS) is 26.0. The molecule has 0 spiro atoms. The second kappa shape index (κ2) is 8.16. The van der Waals surface area contributed by atoms with Crippen LogP contribution in [0.5, 0.6) is 0 Å². The Hall–Kier alpha value is -0.960. The lowest BCUT2D eigenvalue weighted by atomic mass is 10.1. The second-order valence-electron chi connectivity index (χ2n) is 7.19. The van der Waals surface area contributed by atoms with Gasteiger partial charge in [0.2, 0.25) is 15.9 Å². The molecule has 8 heteroatoms. The first-order valence-corrected chi connectivity index (χ1v) is 11.0. The van der Waals surface area contributed by atoms with E-state index in [0.717, 1.165) is 32.4 Å². The molecule has 2 heterocycles. The van der Waals surface area contributed by atoms with Crippen molar-refractivity contribution in [3.63, 3.8) is 0 Å². The molecule has 2 fully saturated rings. The Bertz CT molecular complexity index is 593. The van der Waals surface area contributed by atoms with Gasteiger partial charge in [-0.15, -0.1) is 0 Å². The van der Waals surface area contributed by atoms with Gasteiger partial charge >= 0.3 is 0 Å². The van der Waals surface area contributed by atoms with Gasteiger partial charge in [-0.25, -0.2) is 8.42 Å². The molecule has 142 valence electrons. The first-order chi connectivity index (χ1) is 11.9. The fourth-order valence-electron chi connectivity index (χ4n) is 3.94. The van der Waals surface area contributed by atoms with Gasteiger partial charge in [-0.05, 0) is 19.3 Å². The van der Waals surface area contributed by atoms with Crippen LogP contribution in [0.3, 0.4) is 0 Å². The molecule has 0 aromatic rings. The Labute approximate surface area is 150 Å². The third kappa shape index (κ3) is 4.81. The molecule has 0 N–H and O–H groups in total. The van der Waals surface area contributed by atoms with Gasteiger partial charge in [-0.3, -0.25) is 9.69 Å². The maximum atomic E-state index is 12.6. The number of carbonyl (C=O) groups is 1. The van der Waals surface area contributed by atoms with Crippen LogP contribution in [0.15, 0.2) is 12.2 Å². The van der Waals surface area contributed by atoms with Crippen molar-refractivity contribution in [1.82, 2.24) is 14.1 Å². The van der Waals surface area contributed by atoms with Gasteiger partial charge in [0.05, 0.1) is 19.5 Å². The van der Waals surface area contributed by atoms with Crippen molar-refractivity contribution in [2.75, 3.05) is 58.7 Å². The summed E-state index contributed by atoms with van der Waals surface area (Å²) in [6, 6.07) is -0.102. The number of amides is 1. The molecule has 0 aromatic carbocycles. The number of nitrogens with zero attached hydrogens (tertiary/aromatic N) is 3. The van der Waals surface area contributed by atoms with Crippen LogP contribution >= 0.6 is 0 Å². The van der Waals surface area contributed by atoms with Crippen molar-refractivity contribution < 1.29 is 17.9 Å². The van der Waals surface area contributed by atoms with Gasteiger partial charge in [0.1, 0.15) is 0 Å². The van der Waals surface area contributed by atoms with Gasteiger partial charge < -0.3 is 9.64 Å². The molecule has 25 heavy (non-hydrogen) atoms. The van der Waals surface area contributed by atoms with Gasteiger partial charge in [-0.2, -0.15) is 4.31 Å². The van der Waals surface area contributed by atoms with Crippen molar-refractivity contribution in [2.24, 2.45) is 5.92 Å². The highest BCUT2D eigenvalue weighted by Gasteiger charge is 2.36. The second-order valence-corrected chi connectivity index (χ2v) is 9.13. The fraction of sp³-hybridized carbons (Fsp3) is 0.824. The van der Waals surface area contributed by atoms with E-state index in [1.54, 1.807) is 4.31 Å². The average molecular weight is 372 g/mol. The molecule has 0 radical (unpaired) electrons. The van der Waals surface area contributed by atoms with Crippen LogP contribution in [0.2, 0.25) is 0 Å². The highest BCUT2D eigenvalue weighted by Crippen LogP contribution is 2.25. The van der Waals surface area contributed by atoms with E-state index in [9.17, 15) is 13.2 Å². The van der Waals surface area contributed by atoms with E-state index in [4.69, 9.17) is 4.74 Å². The Balaban J connectivity index is 1.57. The Morgan fingerprint density at radius 1 is 1.20 bits per heavy atom. The molecular weight excluding hydrogens is 342 g/mol. The van der Waals surface area contributed by atoms with E-state index in [0.29, 0.717) is 39.4 Å². The lowest BCUT2D eigenvalue weighted by Gasteiger charge is -2.31. The third-order valence-electron chi connectivity index (χ3n) is 5.41. The third-order valence-corrected chi connectivity index (χ3v) is 6.74. The molecule has 1 aliphatic carbocycles. The van der Waals surface area contributed by atoms with E-state index < -0.39 is 10.0 Å². The largest absolute Gasteiger partial charge is 0.379 e. The van der Waals surface area contributed by atoms with E-state index >= 15 is 0 Å². The predicted octanol–water partition coefficient (Wildman–Crippen LogP) is 0.147. The number of allylic oxidation sites excluding steroid dienone is 2. The van der Waals surface area contributed by atoms with Crippen LogP contribution in [0, 0.1) is 5.92 Å². The van der Waals surface area contributed by atoms with E-state index in [-0.39, 0.29) is 17.9 Å². The Morgan fingerprint density at radius 2 is 1.88 bits per heavy atom. The molecule has 0 aromatic heterocycles. The van der Waals surface area contributed by atoms with Gasteiger partial charge in [0, 0.05) is 51.2 Å². The molecule has 3 rings (SSSR count). The zero-order valence-electron chi connectivity index (χ0n) is 15.0. The van der Waals surface area contributed by atoms with Gasteiger partial charge in [0.15, 0.2) is 0 Å². The highest BCUT2D eigenvalue weighted by molar-refractivity contribution is 7.88. The van der Waals surface area contributed by atoms with Crippen molar-refractivity contribution in [3.8, 4) is 0 Å². The van der Waals surface area contributed by atoms with E-state index in [1.165, 1.54) is 6.26 Å². The molecule has 7 nitrogen and oxygen atoms in total. The average Bonchev–Trinajstić information content (AvgIpc) is 3.26. The number of hydrogen-bond acceptors (Lipinski definition) is 5. The smallest absolute Gasteiger partial charge is 0.226 e. The zero-order valence-corrected chi connectivity index (χ0v) is 15.8. The predicted molar refractivity (Wildman–Crippen MR) is 95.7 cm³/mol. The monoisotopic (exact) mass is 371 g/mol. The van der Waals surface area contributed by atoms with Crippen LogP contribution in [-0.4, -0.2) is 93.2 Å². The summed E-state index contributed by atoms with van der Waals surface area (Å²) in [6.07, 6.45) is 7.74. The maximum Gasteiger partial charge on any atom is 0.226 e. The molecule has 1 unspecified atom stereocenters. The van der Waals surface area contributed by atoms with E-state index in [1.807, 2.05) is 4.90 Å². The van der Waals surface area contributed by atoms with Crippen LogP contribution in [0.4, 0.5) is 0 Å². The summed E-state index contributed by atoms with van der Waals surface area (Å²) in [7, 11) is -3.29. The van der Waals surface area contributed by atoms with Crippen molar-refractivity contribution >= 4 is 15.9 Å². The standard InChI is InChI=1S/C17H29N3O4S/c1-25(22,23)20(9-8-18-10-12-24-13-11-18)16-6-7-19(14-16)17(21)15-4-2-3-5-15/h2-3,15-16H,4-14H2,1H3. The molecule has 0 saturated carbocycles. The number of rotatable bonds is 6. The molecule has 2 aliphatic heterocycles. The molecule has 3 aliphatic rings. The quantitative estimate of drug-likeness (QED) is 0.622. The molecule has 2 saturated heterocycles. The van der Waals surface area contributed by atoms with Crippen molar-refractivity contribution in [3.05, 3.63) is 12.2 Å². The number of likely N-dealkylation sites (tertiary alicyclic amines) is 1. The van der Waals surface area contributed by atoms with Crippen molar-refractivity contribution in [2.45, 2.75) is 25.3 Å². The summed E-state index contributed by atoms with van der Waals surface area (Å²) in [4.78, 5) is 16.7. The lowest BCUT2D eigenvalue weighted by molar-refractivity contribution is -0.134. The summed E-state index contributed by atoms with van der Waals surface area (Å²) in [5.41, 5.74) is 0. The summed E-state index contributed by atoms with van der Waals surface area (Å²) in [5, 5.41) is 0. The van der Waals surface area contributed by atoms with Crippen LogP contribution in [-0.2, 0) is 19.6 Å². The summed E-state index contributed by atoms with van der Waals surface area (Å²) in [5.74, 6) is 0.230. The van der Waals surface area contributed by atoms with Crippen LogP contribution in [0.25, 0.3) is 0 Å².